The van der Waals surface area contributed by atoms with E-state index in [1.165, 1.54) is 0 Å². The van der Waals surface area contributed by atoms with Crippen molar-refractivity contribution >= 4 is 6.09 Å². The van der Waals surface area contributed by atoms with Crippen LogP contribution >= 0.6 is 0 Å². The Morgan fingerprint density at radius 2 is 2.25 bits per heavy atom. The maximum Gasteiger partial charge on any atom is 0.409 e. The maximum atomic E-state index is 11.6. The third-order valence-electron chi connectivity index (χ3n) is 3.51. The summed E-state index contributed by atoms with van der Waals surface area (Å²) in [7, 11) is 0. The number of ether oxygens (including phenoxy) is 1. The number of carbonyl (C=O) groups excluding carboxylic acids is 1. The van der Waals surface area contributed by atoms with E-state index in [0.29, 0.717) is 19.2 Å². The van der Waals surface area contributed by atoms with Crippen LogP contribution in [0.3, 0.4) is 0 Å². The van der Waals surface area contributed by atoms with Crippen LogP contribution in [0.4, 0.5) is 4.79 Å². The van der Waals surface area contributed by atoms with Gasteiger partial charge in [-0.2, -0.15) is 0 Å². The first-order chi connectivity index (χ1) is 9.72. The zero-order chi connectivity index (χ0) is 14.4. The Labute approximate surface area is 119 Å². The van der Waals surface area contributed by atoms with Crippen LogP contribution in [0.15, 0.2) is 10.6 Å². The third kappa shape index (κ3) is 3.96. The van der Waals surface area contributed by atoms with E-state index in [9.17, 15) is 4.79 Å². The quantitative estimate of drug-likeness (QED) is 0.893. The first kappa shape index (κ1) is 14.8. The Hall–Kier alpha value is -1.56. The zero-order valence-corrected chi connectivity index (χ0v) is 12.2. The molecule has 0 aliphatic carbocycles. The van der Waals surface area contributed by atoms with Crippen LogP contribution in [0.25, 0.3) is 0 Å². The van der Waals surface area contributed by atoms with Crippen LogP contribution in [0.2, 0.25) is 0 Å². The topological polar surface area (TPSA) is 67.6 Å². The number of hydrogen-bond acceptors (Lipinski definition) is 5. The minimum atomic E-state index is -0.203. The Kier molecular flexibility index (Phi) is 5.40. The molecule has 0 radical (unpaired) electrons. The first-order valence-corrected chi connectivity index (χ1v) is 7.31. The predicted octanol–water partition coefficient (Wildman–Crippen LogP) is 1.95. The molecule has 0 unspecified atom stereocenters. The van der Waals surface area contributed by atoms with Crippen molar-refractivity contribution in [1.29, 1.82) is 0 Å². The summed E-state index contributed by atoms with van der Waals surface area (Å²) in [6.07, 6.45) is 4.30. The molecule has 0 saturated carbocycles. The second kappa shape index (κ2) is 7.28. The van der Waals surface area contributed by atoms with Crippen LogP contribution in [0.1, 0.15) is 38.3 Å². The largest absolute Gasteiger partial charge is 0.450 e. The number of nitrogens with one attached hydrogen (secondary N) is 1. The van der Waals surface area contributed by atoms with Gasteiger partial charge in [0.25, 0.3) is 0 Å². The lowest BCUT2D eigenvalue weighted by Gasteiger charge is -2.31. The highest BCUT2D eigenvalue weighted by Crippen LogP contribution is 2.12. The van der Waals surface area contributed by atoms with Crippen LogP contribution in [-0.2, 0) is 17.7 Å². The molecule has 6 heteroatoms. The second-order valence-corrected chi connectivity index (χ2v) is 4.92. The molecule has 6 nitrogen and oxygen atoms in total. The molecule has 0 atom stereocenters. The average molecular weight is 281 g/mol. The van der Waals surface area contributed by atoms with Crippen LogP contribution in [0, 0.1) is 0 Å². The highest BCUT2D eigenvalue weighted by Gasteiger charge is 2.23. The van der Waals surface area contributed by atoms with Crippen molar-refractivity contribution in [2.45, 2.75) is 45.7 Å². The number of amides is 1. The monoisotopic (exact) mass is 281 g/mol. The highest BCUT2D eigenvalue weighted by molar-refractivity contribution is 5.67. The normalized spacial score (nSPS) is 16.4. The molecule has 2 rings (SSSR count). The van der Waals surface area contributed by atoms with Crippen LogP contribution in [0.5, 0.6) is 0 Å². The third-order valence-corrected chi connectivity index (χ3v) is 3.51. The van der Waals surface area contributed by atoms with Gasteiger partial charge >= 0.3 is 6.09 Å². The molecule has 1 aromatic rings. The lowest BCUT2D eigenvalue weighted by molar-refractivity contribution is 0.0948. The molecule has 0 spiro atoms. The number of nitrogens with zero attached hydrogens (tertiary/aromatic N) is 2. The summed E-state index contributed by atoms with van der Waals surface area (Å²) in [6.45, 7) is 6.42. The van der Waals surface area contributed by atoms with E-state index in [2.05, 4.69) is 10.3 Å². The molecule has 1 aliphatic heterocycles. The number of aryl methyl sites for hydroxylation is 1. The van der Waals surface area contributed by atoms with E-state index < -0.39 is 0 Å². The Bertz CT molecular complexity index is 425. The van der Waals surface area contributed by atoms with Gasteiger partial charge in [0.15, 0.2) is 0 Å². The molecular weight excluding hydrogens is 258 g/mol. The van der Waals surface area contributed by atoms with Crippen LogP contribution in [-0.4, -0.2) is 41.7 Å². The molecule has 1 aromatic heterocycles. The van der Waals surface area contributed by atoms with Crippen molar-refractivity contribution in [3.63, 3.8) is 0 Å². The Morgan fingerprint density at radius 1 is 1.50 bits per heavy atom. The van der Waals surface area contributed by atoms with Gasteiger partial charge in [-0.15, -0.1) is 0 Å². The number of piperidine rings is 1. The molecule has 0 aromatic carbocycles. The SMILES string of the molecule is CCOC(=O)N1CCC(NCc2ncc(CC)o2)CC1. The molecule has 1 amide bonds. The van der Waals surface area contributed by atoms with Gasteiger partial charge in [0, 0.05) is 25.6 Å². The van der Waals surface area contributed by atoms with Gasteiger partial charge in [0.1, 0.15) is 5.76 Å². The molecule has 1 saturated heterocycles. The lowest BCUT2D eigenvalue weighted by Crippen LogP contribution is -2.44. The van der Waals surface area contributed by atoms with Gasteiger partial charge in [-0.25, -0.2) is 9.78 Å². The molecule has 1 N–H and O–H groups in total. The number of likely N-dealkylation sites (tertiary alicyclic amines) is 1. The minimum Gasteiger partial charge on any atom is -0.450 e. The van der Waals surface area contributed by atoms with E-state index in [1.54, 1.807) is 11.1 Å². The smallest absolute Gasteiger partial charge is 0.409 e. The van der Waals surface area contributed by atoms with Crippen molar-refractivity contribution in [2.24, 2.45) is 0 Å². The summed E-state index contributed by atoms with van der Waals surface area (Å²) in [5, 5.41) is 3.43. The zero-order valence-electron chi connectivity index (χ0n) is 12.2. The number of carbonyl (C=O) groups is 1. The average Bonchev–Trinajstić information content (AvgIpc) is 2.94. The molecule has 0 bridgehead atoms. The molecule has 1 aliphatic rings. The fourth-order valence-electron chi connectivity index (χ4n) is 2.31. The first-order valence-electron chi connectivity index (χ1n) is 7.31. The van der Waals surface area contributed by atoms with Crippen molar-refractivity contribution in [2.75, 3.05) is 19.7 Å². The van der Waals surface area contributed by atoms with Gasteiger partial charge < -0.3 is 19.4 Å². The lowest BCUT2D eigenvalue weighted by atomic mass is 10.1. The fraction of sp³-hybridized carbons (Fsp3) is 0.714. The molecule has 2 heterocycles. The van der Waals surface area contributed by atoms with E-state index in [1.807, 2.05) is 13.8 Å². The van der Waals surface area contributed by atoms with E-state index in [-0.39, 0.29) is 6.09 Å². The summed E-state index contributed by atoms with van der Waals surface area (Å²) >= 11 is 0. The summed E-state index contributed by atoms with van der Waals surface area (Å²) in [5.41, 5.74) is 0. The number of hydrogen-bond donors (Lipinski definition) is 1. The van der Waals surface area contributed by atoms with E-state index >= 15 is 0 Å². The van der Waals surface area contributed by atoms with Crippen molar-refractivity contribution in [1.82, 2.24) is 15.2 Å². The summed E-state index contributed by atoms with van der Waals surface area (Å²) in [5.74, 6) is 1.65. The summed E-state index contributed by atoms with van der Waals surface area (Å²) in [4.78, 5) is 17.6. The van der Waals surface area contributed by atoms with Crippen molar-refractivity contribution < 1.29 is 13.9 Å². The second-order valence-electron chi connectivity index (χ2n) is 4.92. The van der Waals surface area contributed by atoms with Gasteiger partial charge in [-0.05, 0) is 19.8 Å². The van der Waals surface area contributed by atoms with Gasteiger partial charge in [-0.1, -0.05) is 6.92 Å². The minimum absolute atomic E-state index is 0.203. The van der Waals surface area contributed by atoms with E-state index in [4.69, 9.17) is 9.15 Å². The van der Waals surface area contributed by atoms with Gasteiger partial charge in [0.2, 0.25) is 5.89 Å². The number of oxazole rings is 1. The number of rotatable bonds is 5. The Balaban J connectivity index is 1.70. The highest BCUT2D eigenvalue weighted by atomic mass is 16.6. The van der Waals surface area contributed by atoms with Crippen LogP contribution < -0.4 is 5.32 Å². The standard InChI is InChI=1S/C14H23N3O3/c1-3-12-9-16-13(20-12)10-15-11-5-7-17(8-6-11)14(18)19-4-2/h9,11,15H,3-8,10H2,1-2H3. The fourth-order valence-corrected chi connectivity index (χ4v) is 2.31. The van der Waals surface area contributed by atoms with Gasteiger partial charge in [-0.3, -0.25) is 0 Å². The van der Waals surface area contributed by atoms with E-state index in [0.717, 1.165) is 44.0 Å². The predicted molar refractivity (Wildman–Crippen MR) is 74.3 cm³/mol. The summed E-state index contributed by atoms with van der Waals surface area (Å²) in [6, 6.07) is 0.401. The number of aromatic nitrogens is 1. The summed E-state index contributed by atoms with van der Waals surface area (Å²) < 4.78 is 10.6. The molecule has 112 valence electrons. The molecular formula is C14H23N3O3. The van der Waals surface area contributed by atoms with Crippen molar-refractivity contribution in [3.8, 4) is 0 Å². The molecule has 20 heavy (non-hydrogen) atoms. The maximum absolute atomic E-state index is 11.6. The van der Waals surface area contributed by atoms with Gasteiger partial charge in [0.05, 0.1) is 19.3 Å². The Morgan fingerprint density at radius 3 is 2.85 bits per heavy atom. The molecule has 1 fully saturated rings. The van der Waals surface area contributed by atoms with Crippen molar-refractivity contribution in [3.05, 3.63) is 17.8 Å².